The first kappa shape index (κ1) is 14.6. The van der Waals surface area contributed by atoms with Gasteiger partial charge in [0.25, 0.3) is 0 Å². The largest absolute Gasteiger partial charge is 0.462 e. The number of carbonyl (C=O) groups excluding carboxylic acids is 1. The Morgan fingerprint density at radius 1 is 1.45 bits per heavy atom. The van der Waals surface area contributed by atoms with Gasteiger partial charge in [0, 0.05) is 12.2 Å². The molecule has 0 unspecified atom stereocenters. The van der Waals surface area contributed by atoms with Crippen LogP contribution in [0.3, 0.4) is 0 Å². The minimum absolute atomic E-state index is 0.104. The Balaban J connectivity index is 2.10. The summed E-state index contributed by atoms with van der Waals surface area (Å²) < 4.78 is 18.8. The zero-order chi connectivity index (χ0) is 14.5. The number of hydrogen-bond donors (Lipinski definition) is 2. The zero-order valence-electron chi connectivity index (χ0n) is 11.7. The van der Waals surface area contributed by atoms with E-state index in [0.717, 1.165) is 6.54 Å². The van der Waals surface area contributed by atoms with E-state index in [1.54, 1.807) is 6.92 Å². The lowest BCUT2D eigenvalue weighted by Crippen LogP contribution is -2.14. The molecule has 2 rings (SSSR count). The van der Waals surface area contributed by atoms with Gasteiger partial charge >= 0.3 is 5.97 Å². The number of rotatable bonds is 5. The van der Waals surface area contributed by atoms with Crippen molar-refractivity contribution in [2.45, 2.75) is 32.6 Å². The zero-order valence-corrected chi connectivity index (χ0v) is 11.7. The van der Waals surface area contributed by atoms with Crippen molar-refractivity contribution in [3.8, 4) is 0 Å². The van der Waals surface area contributed by atoms with Gasteiger partial charge in [0.15, 0.2) is 0 Å². The number of nitrogen functional groups attached to an aromatic ring is 1. The molecule has 20 heavy (non-hydrogen) atoms. The Labute approximate surface area is 118 Å². The molecule has 0 spiro atoms. The highest BCUT2D eigenvalue weighted by molar-refractivity contribution is 5.96. The molecule has 1 aromatic carbocycles. The Hall–Kier alpha value is -1.78. The Bertz CT molecular complexity index is 485. The smallest absolute Gasteiger partial charge is 0.340 e. The summed E-state index contributed by atoms with van der Waals surface area (Å²) >= 11 is 0. The van der Waals surface area contributed by atoms with Crippen LogP contribution < -0.4 is 11.1 Å². The van der Waals surface area contributed by atoms with E-state index in [1.807, 2.05) is 0 Å². The van der Waals surface area contributed by atoms with Gasteiger partial charge in [-0.05, 0) is 37.8 Å². The van der Waals surface area contributed by atoms with Crippen molar-refractivity contribution < 1.29 is 13.9 Å². The van der Waals surface area contributed by atoms with Crippen molar-refractivity contribution in [1.82, 2.24) is 0 Å². The van der Waals surface area contributed by atoms with Crippen LogP contribution in [0, 0.1) is 11.7 Å². The Morgan fingerprint density at radius 2 is 2.15 bits per heavy atom. The van der Waals surface area contributed by atoms with E-state index >= 15 is 0 Å². The van der Waals surface area contributed by atoms with Gasteiger partial charge in [0.2, 0.25) is 0 Å². The molecule has 1 fully saturated rings. The quantitative estimate of drug-likeness (QED) is 0.642. The fourth-order valence-electron chi connectivity index (χ4n) is 2.58. The van der Waals surface area contributed by atoms with E-state index in [-0.39, 0.29) is 17.9 Å². The lowest BCUT2D eigenvalue weighted by atomic mass is 10.1. The highest BCUT2D eigenvalue weighted by atomic mass is 19.1. The highest BCUT2D eigenvalue weighted by Gasteiger charge is 2.18. The van der Waals surface area contributed by atoms with Gasteiger partial charge in [0.05, 0.1) is 17.9 Å². The van der Waals surface area contributed by atoms with Crippen LogP contribution >= 0.6 is 0 Å². The molecule has 1 aliphatic carbocycles. The maximum atomic E-state index is 13.9. The van der Waals surface area contributed by atoms with E-state index in [2.05, 4.69) is 5.32 Å². The molecule has 0 amide bonds. The minimum atomic E-state index is -0.520. The lowest BCUT2D eigenvalue weighted by Gasteiger charge is -2.14. The topological polar surface area (TPSA) is 64.3 Å². The summed E-state index contributed by atoms with van der Waals surface area (Å²) in [6.45, 7) is 2.71. The SMILES string of the molecule is CCOC(=O)c1cc(NCC2CCCC2)c(F)cc1N. The number of nitrogens with two attached hydrogens (primary N) is 1. The first-order chi connectivity index (χ1) is 9.61. The van der Waals surface area contributed by atoms with E-state index < -0.39 is 11.8 Å². The Morgan fingerprint density at radius 3 is 2.80 bits per heavy atom. The molecule has 1 saturated carbocycles. The van der Waals surface area contributed by atoms with Crippen LogP contribution in [-0.4, -0.2) is 19.1 Å². The maximum absolute atomic E-state index is 13.9. The molecule has 1 aromatic rings. The second-order valence-electron chi connectivity index (χ2n) is 5.17. The van der Waals surface area contributed by atoms with Gasteiger partial charge < -0.3 is 15.8 Å². The average Bonchev–Trinajstić information content (AvgIpc) is 2.91. The molecule has 1 aliphatic rings. The number of nitrogens with one attached hydrogen (secondary N) is 1. The van der Waals surface area contributed by atoms with Gasteiger partial charge in [-0.15, -0.1) is 0 Å². The first-order valence-corrected chi connectivity index (χ1v) is 7.11. The van der Waals surface area contributed by atoms with Gasteiger partial charge in [-0.1, -0.05) is 12.8 Å². The summed E-state index contributed by atoms with van der Waals surface area (Å²) in [5.74, 6) is -0.375. The first-order valence-electron chi connectivity index (χ1n) is 7.11. The summed E-state index contributed by atoms with van der Waals surface area (Å²) in [5.41, 5.74) is 6.30. The second-order valence-corrected chi connectivity index (χ2v) is 5.17. The summed E-state index contributed by atoms with van der Waals surface area (Å²) in [4.78, 5) is 11.7. The van der Waals surface area contributed by atoms with Gasteiger partial charge in [0.1, 0.15) is 5.82 Å². The third-order valence-electron chi connectivity index (χ3n) is 3.69. The number of benzene rings is 1. The van der Waals surface area contributed by atoms with Crippen molar-refractivity contribution in [1.29, 1.82) is 0 Å². The molecule has 0 aromatic heterocycles. The molecule has 5 heteroatoms. The molecular weight excluding hydrogens is 259 g/mol. The molecule has 0 aliphatic heterocycles. The van der Waals surface area contributed by atoms with Crippen LogP contribution in [0.2, 0.25) is 0 Å². The maximum Gasteiger partial charge on any atom is 0.340 e. The van der Waals surface area contributed by atoms with Gasteiger partial charge in [-0.3, -0.25) is 0 Å². The van der Waals surface area contributed by atoms with Crippen molar-refractivity contribution >= 4 is 17.3 Å². The average molecular weight is 280 g/mol. The van der Waals surface area contributed by atoms with Crippen molar-refractivity contribution in [2.24, 2.45) is 5.92 Å². The molecule has 4 nitrogen and oxygen atoms in total. The fraction of sp³-hybridized carbons (Fsp3) is 0.533. The molecule has 0 radical (unpaired) electrons. The van der Waals surface area contributed by atoms with Crippen LogP contribution in [0.15, 0.2) is 12.1 Å². The normalized spacial score (nSPS) is 15.3. The third kappa shape index (κ3) is 3.40. The van der Waals surface area contributed by atoms with Crippen LogP contribution in [-0.2, 0) is 4.74 Å². The fourth-order valence-corrected chi connectivity index (χ4v) is 2.58. The van der Waals surface area contributed by atoms with E-state index in [4.69, 9.17) is 10.5 Å². The molecule has 0 saturated heterocycles. The lowest BCUT2D eigenvalue weighted by molar-refractivity contribution is 0.0527. The molecule has 3 N–H and O–H groups in total. The number of esters is 1. The predicted octanol–water partition coefficient (Wildman–Crippen LogP) is 3.19. The number of carbonyl (C=O) groups is 1. The summed E-state index contributed by atoms with van der Waals surface area (Å²) in [5, 5.41) is 3.08. The van der Waals surface area contributed by atoms with Crippen molar-refractivity contribution in [2.75, 3.05) is 24.2 Å². The molecule has 0 heterocycles. The van der Waals surface area contributed by atoms with Crippen molar-refractivity contribution in [3.63, 3.8) is 0 Å². The van der Waals surface area contributed by atoms with E-state index in [0.29, 0.717) is 11.6 Å². The second kappa shape index (κ2) is 6.59. The van der Waals surface area contributed by atoms with Crippen molar-refractivity contribution in [3.05, 3.63) is 23.5 Å². The number of ether oxygens (including phenoxy) is 1. The van der Waals surface area contributed by atoms with Gasteiger partial charge in [-0.25, -0.2) is 9.18 Å². The van der Waals surface area contributed by atoms with E-state index in [1.165, 1.54) is 37.8 Å². The van der Waals surface area contributed by atoms with E-state index in [9.17, 15) is 9.18 Å². The summed E-state index contributed by atoms with van der Waals surface area (Å²) in [6, 6.07) is 2.61. The highest BCUT2D eigenvalue weighted by Crippen LogP contribution is 2.27. The molecule has 110 valence electrons. The third-order valence-corrected chi connectivity index (χ3v) is 3.69. The molecule has 0 atom stereocenters. The standard InChI is InChI=1S/C15H21FN2O2/c1-2-20-15(19)11-7-14(12(16)8-13(11)17)18-9-10-5-3-4-6-10/h7-8,10,18H,2-6,9,17H2,1H3. The predicted molar refractivity (Wildman–Crippen MR) is 77.2 cm³/mol. The number of halogens is 1. The summed E-state index contributed by atoms with van der Waals surface area (Å²) in [7, 11) is 0. The van der Waals surface area contributed by atoms with Crippen LogP contribution in [0.5, 0.6) is 0 Å². The summed E-state index contributed by atoms with van der Waals surface area (Å²) in [6.07, 6.45) is 4.83. The van der Waals surface area contributed by atoms with Crippen LogP contribution in [0.4, 0.5) is 15.8 Å². The minimum Gasteiger partial charge on any atom is -0.462 e. The molecule has 0 bridgehead atoms. The number of hydrogen-bond acceptors (Lipinski definition) is 4. The van der Waals surface area contributed by atoms with Crippen LogP contribution in [0.25, 0.3) is 0 Å². The van der Waals surface area contributed by atoms with Gasteiger partial charge in [-0.2, -0.15) is 0 Å². The van der Waals surface area contributed by atoms with Crippen LogP contribution in [0.1, 0.15) is 43.0 Å². The Kier molecular flexibility index (Phi) is 4.82. The monoisotopic (exact) mass is 280 g/mol. The molecular formula is C15H21FN2O2. The number of anilines is 2.